The van der Waals surface area contributed by atoms with Crippen molar-refractivity contribution in [3.8, 4) is 0 Å². The van der Waals surface area contributed by atoms with E-state index < -0.39 is 0 Å². The Morgan fingerprint density at radius 1 is 1.27 bits per heavy atom. The van der Waals surface area contributed by atoms with Crippen LogP contribution in [0.25, 0.3) is 0 Å². The minimum atomic E-state index is 0.222. The predicted octanol–water partition coefficient (Wildman–Crippen LogP) is 1.68. The first-order valence-electron chi connectivity index (χ1n) is 6.30. The summed E-state index contributed by atoms with van der Waals surface area (Å²) >= 11 is 0. The summed E-state index contributed by atoms with van der Waals surface area (Å²) in [5.41, 5.74) is 0. The van der Waals surface area contributed by atoms with Crippen molar-refractivity contribution in [2.24, 2.45) is 5.92 Å². The molecule has 1 aliphatic rings. The average molecular weight is 212 g/mol. The molecule has 0 atom stereocenters. The second-order valence-electron chi connectivity index (χ2n) is 4.39. The monoisotopic (exact) mass is 212 g/mol. The van der Waals surface area contributed by atoms with Gasteiger partial charge in [0.25, 0.3) is 0 Å². The number of rotatable bonds is 7. The average Bonchev–Trinajstić information content (AvgIpc) is 2.74. The lowest BCUT2D eigenvalue weighted by Gasteiger charge is -2.09. The van der Waals surface area contributed by atoms with Gasteiger partial charge in [0.05, 0.1) is 0 Å². The van der Waals surface area contributed by atoms with Gasteiger partial charge in [0, 0.05) is 19.5 Å². The van der Waals surface area contributed by atoms with E-state index in [0.29, 0.717) is 0 Å². The van der Waals surface area contributed by atoms with E-state index in [0.717, 1.165) is 38.4 Å². The van der Waals surface area contributed by atoms with Gasteiger partial charge in [0.1, 0.15) is 0 Å². The van der Waals surface area contributed by atoms with Crippen molar-refractivity contribution >= 4 is 5.91 Å². The molecule has 3 heteroatoms. The molecule has 2 N–H and O–H groups in total. The highest BCUT2D eigenvalue weighted by molar-refractivity contribution is 5.75. The summed E-state index contributed by atoms with van der Waals surface area (Å²) in [5, 5.41) is 6.13. The maximum Gasteiger partial charge on any atom is 0.220 e. The number of amides is 1. The van der Waals surface area contributed by atoms with Crippen molar-refractivity contribution in [3.05, 3.63) is 0 Å². The fraction of sp³-hybridized carbons (Fsp3) is 0.917. The molecule has 0 unspecified atom stereocenters. The van der Waals surface area contributed by atoms with Crippen molar-refractivity contribution in [1.29, 1.82) is 0 Å². The van der Waals surface area contributed by atoms with Gasteiger partial charge in [-0.3, -0.25) is 4.79 Å². The second kappa shape index (κ2) is 7.69. The van der Waals surface area contributed by atoms with E-state index >= 15 is 0 Å². The third-order valence-electron chi connectivity index (χ3n) is 3.13. The summed E-state index contributed by atoms with van der Waals surface area (Å²) in [7, 11) is 0. The van der Waals surface area contributed by atoms with Crippen molar-refractivity contribution < 1.29 is 4.79 Å². The summed E-state index contributed by atoms with van der Waals surface area (Å²) in [6.45, 7) is 4.68. The maximum atomic E-state index is 11.4. The van der Waals surface area contributed by atoms with Gasteiger partial charge in [-0.05, 0) is 18.9 Å². The Morgan fingerprint density at radius 2 is 2.00 bits per heavy atom. The van der Waals surface area contributed by atoms with Crippen LogP contribution in [0, 0.1) is 5.92 Å². The van der Waals surface area contributed by atoms with Crippen LogP contribution in [-0.4, -0.2) is 25.5 Å². The molecule has 1 rings (SSSR count). The SMILES string of the molecule is CCNCCNC(=O)CCC1CCCC1. The molecule has 0 bridgehead atoms. The smallest absolute Gasteiger partial charge is 0.220 e. The van der Waals surface area contributed by atoms with Crippen molar-refractivity contribution in [2.75, 3.05) is 19.6 Å². The molecule has 1 saturated carbocycles. The van der Waals surface area contributed by atoms with Crippen LogP contribution in [0.4, 0.5) is 0 Å². The van der Waals surface area contributed by atoms with Gasteiger partial charge in [-0.25, -0.2) is 0 Å². The van der Waals surface area contributed by atoms with Gasteiger partial charge >= 0.3 is 0 Å². The van der Waals surface area contributed by atoms with Gasteiger partial charge in [-0.2, -0.15) is 0 Å². The Labute approximate surface area is 93.0 Å². The van der Waals surface area contributed by atoms with E-state index in [-0.39, 0.29) is 5.91 Å². The molecule has 0 aliphatic heterocycles. The topological polar surface area (TPSA) is 41.1 Å². The van der Waals surface area contributed by atoms with Crippen LogP contribution in [0.5, 0.6) is 0 Å². The maximum absolute atomic E-state index is 11.4. The van der Waals surface area contributed by atoms with Crippen molar-refractivity contribution in [3.63, 3.8) is 0 Å². The molecular weight excluding hydrogens is 188 g/mol. The van der Waals surface area contributed by atoms with E-state index in [1.165, 1.54) is 25.7 Å². The van der Waals surface area contributed by atoms with Crippen LogP contribution in [0.2, 0.25) is 0 Å². The summed E-state index contributed by atoms with van der Waals surface area (Å²) < 4.78 is 0. The van der Waals surface area contributed by atoms with Crippen LogP contribution in [0.1, 0.15) is 45.4 Å². The Bertz CT molecular complexity index is 176. The number of carbonyl (C=O) groups excluding carboxylic acids is 1. The third-order valence-corrected chi connectivity index (χ3v) is 3.13. The van der Waals surface area contributed by atoms with Crippen LogP contribution in [-0.2, 0) is 4.79 Å². The molecule has 0 radical (unpaired) electrons. The molecule has 1 aliphatic carbocycles. The molecule has 0 spiro atoms. The van der Waals surface area contributed by atoms with Crippen LogP contribution in [0.3, 0.4) is 0 Å². The second-order valence-corrected chi connectivity index (χ2v) is 4.39. The molecule has 0 aromatic rings. The number of carbonyl (C=O) groups is 1. The number of hydrogen-bond donors (Lipinski definition) is 2. The summed E-state index contributed by atoms with van der Waals surface area (Å²) in [6.07, 6.45) is 7.22. The highest BCUT2D eigenvalue weighted by Crippen LogP contribution is 2.28. The third kappa shape index (κ3) is 5.78. The summed E-state index contributed by atoms with van der Waals surface area (Å²) in [6, 6.07) is 0. The molecule has 1 amide bonds. The molecule has 0 aromatic carbocycles. The van der Waals surface area contributed by atoms with E-state index in [4.69, 9.17) is 0 Å². The van der Waals surface area contributed by atoms with Gasteiger partial charge in [-0.1, -0.05) is 32.6 Å². The van der Waals surface area contributed by atoms with Crippen LogP contribution < -0.4 is 10.6 Å². The zero-order valence-electron chi connectivity index (χ0n) is 9.85. The quantitative estimate of drug-likeness (QED) is 0.630. The highest BCUT2D eigenvalue weighted by Gasteiger charge is 2.15. The lowest BCUT2D eigenvalue weighted by molar-refractivity contribution is -0.121. The Kier molecular flexibility index (Phi) is 6.41. The number of nitrogens with one attached hydrogen (secondary N) is 2. The molecule has 3 nitrogen and oxygen atoms in total. The first kappa shape index (κ1) is 12.5. The van der Waals surface area contributed by atoms with Gasteiger partial charge in [0.2, 0.25) is 5.91 Å². The number of hydrogen-bond acceptors (Lipinski definition) is 2. The van der Waals surface area contributed by atoms with Crippen LogP contribution >= 0.6 is 0 Å². The molecule has 1 fully saturated rings. The van der Waals surface area contributed by atoms with E-state index in [2.05, 4.69) is 17.6 Å². The zero-order chi connectivity index (χ0) is 10.9. The normalized spacial score (nSPS) is 16.9. The first-order chi connectivity index (χ1) is 7.33. The van der Waals surface area contributed by atoms with E-state index in [1.807, 2.05) is 0 Å². The minimum absolute atomic E-state index is 0.222. The van der Waals surface area contributed by atoms with Crippen molar-refractivity contribution in [2.45, 2.75) is 45.4 Å². The fourth-order valence-electron chi connectivity index (χ4n) is 2.19. The largest absolute Gasteiger partial charge is 0.355 e. The molecule has 88 valence electrons. The zero-order valence-corrected chi connectivity index (χ0v) is 9.85. The molecule has 0 saturated heterocycles. The van der Waals surface area contributed by atoms with E-state index in [9.17, 15) is 4.79 Å². The first-order valence-corrected chi connectivity index (χ1v) is 6.30. The Hall–Kier alpha value is -0.570. The van der Waals surface area contributed by atoms with Gasteiger partial charge in [0.15, 0.2) is 0 Å². The standard InChI is InChI=1S/C12H24N2O/c1-2-13-9-10-14-12(15)8-7-11-5-3-4-6-11/h11,13H,2-10H2,1H3,(H,14,15). The fourth-order valence-corrected chi connectivity index (χ4v) is 2.19. The highest BCUT2D eigenvalue weighted by atomic mass is 16.1. The van der Waals surface area contributed by atoms with Crippen molar-refractivity contribution in [1.82, 2.24) is 10.6 Å². The Balaban J connectivity index is 1.93. The lowest BCUT2D eigenvalue weighted by Crippen LogP contribution is -2.31. The summed E-state index contributed by atoms with van der Waals surface area (Å²) in [5.74, 6) is 1.05. The van der Waals surface area contributed by atoms with Gasteiger partial charge in [-0.15, -0.1) is 0 Å². The Morgan fingerprint density at radius 3 is 2.67 bits per heavy atom. The lowest BCUT2D eigenvalue weighted by atomic mass is 10.0. The molecule has 0 heterocycles. The summed E-state index contributed by atoms with van der Waals surface area (Å²) in [4.78, 5) is 11.4. The van der Waals surface area contributed by atoms with Crippen LogP contribution in [0.15, 0.2) is 0 Å². The molecule has 15 heavy (non-hydrogen) atoms. The number of likely N-dealkylation sites (N-methyl/N-ethyl adjacent to an activating group) is 1. The van der Waals surface area contributed by atoms with E-state index in [1.54, 1.807) is 0 Å². The molecular formula is C12H24N2O. The predicted molar refractivity (Wildman–Crippen MR) is 62.7 cm³/mol. The molecule has 0 aromatic heterocycles. The minimum Gasteiger partial charge on any atom is -0.355 e. The van der Waals surface area contributed by atoms with Gasteiger partial charge < -0.3 is 10.6 Å².